The molecule has 3 N–H and O–H groups in total. The van der Waals surface area contributed by atoms with E-state index < -0.39 is 0 Å². The van der Waals surface area contributed by atoms with Crippen LogP contribution in [0.1, 0.15) is 191 Å². The van der Waals surface area contributed by atoms with E-state index in [-0.39, 0.29) is 58.0 Å². The van der Waals surface area contributed by atoms with E-state index in [9.17, 15) is 5.26 Å². The minimum absolute atomic E-state index is 0.0171. The normalized spacial score (nSPS) is 28.5. The van der Waals surface area contributed by atoms with Gasteiger partial charge in [-0.3, -0.25) is 16.0 Å². The van der Waals surface area contributed by atoms with Gasteiger partial charge in [0, 0.05) is 69.5 Å². The quantitative estimate of drug-likeness (QED) is 0.237. The fourth-order valence-electron chi connectivity index (χ4n) is 14.5. The van der Waals surface area contributed by atoms with Crippen molar-refractivity contribution < 1.29 is 4.74 Å². The lowest BCUT2D eigenvalue weighted by atomic mass is 9.73. The number of benzene rings is 1. The van der Waals surface area contributed by atoms with Gasteiger partial charge >= 0.3 is 0 Å². The van der Waals surface area contributed by atoms with Crippen molar-refractivity contribution in [2.24, 2.45) is 45.3 Å². The van der Waals surface area contributed by atoms with E-state index in [0.29, 0.717) is 18.3 Å². The van der Waals surface area contributed by atoms with Crippen LogP contribution in [0.5, 0.6) is 0 Å². The zero-order valence-corrected chi connectivity index (χ0v) is 47.3. The molecule has 2 aliphatic heterocycles. The van der Waals surface area contributed by atoms with Gasteiger partial charge in [-0.15, -0.1) is 0 Å². The highest BCUT2D eigenvalue weighted by Gasteiger charge is 2.47. The standard InChI is InChI=1S/C68H84N6O/c1-65(2,3)42-25-29-54-49(34-42)50-35-43(66(4,5)6)26-30-55(50)73(54)58-38-59(74-56-31-27-44(67(7,8)9)36-51(56)52-37-45(68(10,11)12)28-32-57(52)74)53(33-41(58)39-69)64-71-62(40-19-14-13-15-20-40)70-63(72-64)48-23-18-22-47-46-21-16-17-24-60(46)75-61(47)48/h13-15,18-21,23-25,27,29,31,35,37,42,44,47,53,59,62-64,70-72H,16-17,22,26,28,30,32-34,36,38H2,1-12H3. The number of hydrogen-bond donors (Lipinski definition) is 3. The van der Waals surface area contributed by atoms with E-state index in [2.05, 4.69) is 205 Å². The molecule has 2 fully saturated rings. The highest BCUT2D eigenvalue weighted by molar-refractivity contribution is 5.77. The molecule has 8 atom stereocenters. The van der Waals surface area contributed by atoms with Crippen LogP contribution in [0.3, 0.4) is 0 Å². The number of aromatic nitrogens is 2. The summed E-state index contributed by atoms with van der Waals surface area (Å²) in [6, 6.07) is 13.9. The van der Waals surface area contributed by atoms with Crippen molar-refractivity contribution in [2.45, 2.75) is 178 Å². The first kappa shape index (κ1) is 50.4. The molecular formula is C68H84N6O. The third kappa shape index (κ3) is 8.84. The molecule has 2 saturated heterocycles. The van der Waals surface area contributed by atoms with Crippen LogP contribution in [0.4, 0.5) is 0 Å². The summed E-state index contributed by atoms with van der Waals surface area (Å²) in [6.07, 6.45) is 34.6. The Morgan fingerprint density at radius 1 is 0.653 bits per heavy atom. The fraction of sp³-hybridized carbons (Fsp3) is 0.515. The number of nitrogens with zero attached hydrogens (tertiary/aromatic N) is 3. The lowest BCUT2D eigenvalue weighted by Crippen LogP contribution is -2.67. The number of ether oxygens (including phenoxy) is 1. The van der Waals surface area contributed by atoms with Gasteiger partial charge in [-0.1, -0.05) is 167 Å². The molecule has 0 amide bonds. The van der Waals surface area contributed by atoms with E-state index in [1.165, 1.54) is 73.0 Å². The van der Waals surface area contributed by atoms with Crippen LogP contribution in [0.25, 0.3) is 30.0 Å². The number of allylic oxidation sites excluding steroid dienone is 11. The van der Waals surface area contributed by atoms with Gasteiger partial charge in [0.15, 0.2) is 0 Å². The Morgan fingerprint density at radius 2 is 1.27 bits per heavy atom. The largest absolute Gasteiger partial charge is 0.461 e. The molecule has 392 valence electrons. The highest BCUT2D eigenvalue weighted by atomic mass is 16.5. The Hall–Kier alpha value is -5.39. The predicted octanol–water partition coefficient (Wildman–Crippen LogP) is 15.5. The maximum Gasteiger partial charge on any atom is 0.126 e. The molecule has 7 aliphatic carbocycles. The van der Waals surface area contributed by atoms with Crippen molar-refractivity contribution in [3.8, 4) is 6.07 Å². The lowest BCUT2D eigenvalue weighted by molar-refractivity contribution is 0.128. The van der Waals surface area contributed by atoms with Gasteiger partial charge in [0.05, 0.1) is 24.6 Å². The molecule has 4 heterocycles. The number of nitrogens with one attached hydrogen (secondary N) is 3. The topological polar surface area (TPSA) is 79.0 Å². The maximum absolute atomic E-state index is 11.8. The first-order chi connectivity index (χ1) is 35.7. The molecule has 0 radical (unpaired) electrons. The molecule has 75 heavy (non-hydrogen) atoms. The molecule has 1 aromatic carbocycles. The summed E-state index contributed by atoms with van der Waals surface area (Å²) in [5, 5.41) is 24.4. The third-order valence-corrected chi connectivity index (χ3v) is 19.2. The molecule has 0 saturated carbocycles. The minimum Gasteiger partial charge on any atom is -0.461 e. The third-order valence-electron chi connectivity index (χ3n) is 19.2. The van der Waals surface area contributed by atoms with Gasteiger partial charge < -0.3 is 13.9 Å². The summed E-state index contributed by atoms with van der Waals surface area (Å²) >= 11 is 0. The number of nitriles is 1. The monoisotopic (exact) mass is 1000 g/mol. The van der Waals surface area contributed by atoms with Crippen molar-refractivity contribution in [1.29, 1.82) is 5.26 Å². The van der Waals surface area contributed by atoms with E-state index >= 15 is 0 Å². The Balaban J connectivity index is 1.06. The van der Waals surface area contributed by atoms with Gasteiger partial charge in [-0.2, -0.15) is 5.26 Å². The summed E-state index contributed by atoms with van der Waals surface area (Å²) in [5.74, 6) is 3.24. The molecule has 9 aliphatic rings. The molecule has 3 aromatic rings. The van der Waals surface area contributed by atoms with Gasteiger partial charge in [0.25, 0.3) is 0 Å². The maximum atomic E-state index is 11.8. The average Bonchev–Trinajstić information content (AvgIpc) is 4.06. The van der Waals surface area contributed by atoms with Crippen molar-refractivity contribution >= 4 is 30.0 Å². The van der Waals surface area contributed by atoms with Crippen LogP contribution in [0.15, 0.2) is 106 Å². The molecule has 7 nitrogen and oxygen atoms in total. The van der Waals surface area contributed by atoms with E-state index in [1.807, 2.05) is 0 Å². The lowest BCUT2D eigenvalue weighted by Gasteiger charge is -2.47. The second kappa shape index (κ2) is 18.4. The molecule has 12 rings (SSSR count). The van der Waals surface area contributed by atoms with E-state index in [4.69, 9.17) is 4.74 Å². The Bertz CT molecular complexity index is 3170. The predicted molar refractivity (Wildman–Crippen MR) is 309 cm³/mol. The zero-order valence-electron chi connectivity index (χ0n) is 47.3. The summed E-state index contributed by atoms with van der Waals surface area (Å²) in [7, 11) is 0. The van der Waals surface area contributed by atoms with Crippen LogP contribution in [-0.2, 0) is 30.4 Å². The zero-order chi connectivity index (χ0) is 52.5. The summed E-state index contributed by atoms with van der Waals surface area (Å²) in [6.45, 7) is 28.7. The SMILES string of the molecule is CC(C)(C)C1=Cc2c3c(n(C4=C(C#N)CC(C5NC(C6=C7OC8=CCCC=C8C7CC=C6)NC(c6ccccc6)N5)C(n5c6c(c7c5CCC(C(C)(C)C)=C7)CC(C(C)(C)C)C=C6)C4)c2CC1)C=CC(C(C)(C)C)C3. The molecule has 8 unspecified atom stereocenters. The number of rotatable bonds is 5. The van der Waals surface area contributed by atoms with E-state index in [1.54, 1.807) is 5.57 Å². The summed E-state index contributed by atoms with van der Waals surface area (Å²) < 4.78 is 12.4. The summed E-state index contributed by atoms with van der Waals surface area (Å²) in [4.78, 5) is 0. The van der Waals surface area contributed by atoms with Crippen molar-refractivity contribution in [3.05, 3.63) is 157 Å². The first-order valence-corrected chi connectivity index (χ1v) is 28.9. The van der Waals surface area contributed by atoms with Crippen LogP contribution in [0, 0.1) is 56.7 Å². The van der Waals surface area contributed by atoms with Crippen LogP contribution in [-0.4, -0.2) is 21.5 Å². The number of fused-ring (bicyclic) bond motifs is 9. The first-order valence-electron chi connectivity index (χ1n) is 28.9. The Morgan fingerprint density at radius 3 is 1.92 bits per heavy atom. The van der Waals surface area contributed by atoms with Crippen LogP contribution in [0.2, 0.25) is 0 Å². The molecule has 0 spiro atoms. The number of hydrogen-bond acceptors (Lipinski definition) is 5. The van der Waals surface area contributed by atoms with E-state index in [0.717, 1.165) is 81.3 Å². The fourth-order valence-corrected chi connectivity index (χ4v) is 14.5. The second-order valence-corrected chi connectivity index (χ2v) is 27.9. The second-order valence-electron chi connectivity index (χ2n) is 27.9. The van der Waals surface area contributed by atoms with Gasteiger partial charge in [0.2, 0.25) is 0 Å². The Kier molecular flexibility index (Phi) is 12.4. The molecule has 0 bridgehead atoms. The van der Waals surface area contributed by atoms with Crippen LogP contribution >= 0.6 is 0 Å². The van der Waals surface area contributed by atoms with Crippen LogP contribution < -0.4 is 16.0 Å². The minimum atomic E-state index is -0.196. The Labute approximate surface area is 449 Å². The average molecular weight is 1000 g/mol. The highest BCUT2D eigenvalue weighted by Crippen LogP contribution is 2.53. The molecule has 2 aromatic heterocycles. The van der Waals surface area contributed by atoms with Gasteiger partial charge in [-0.25, -0.2) is 0 Å². The molecule has 7 heteroatoms. The molecular weight excluding hydrogens is 917 g/mol. The smallest absolute Gasteiger partial charge is 0.126 e. The summed E-state index contributed by atoms with van der Waals surface area (Å²) in [5.41, 5.74) is 20.7. The van der Waals surface area contributed by atoms with Gasteiger partial charge in [-0.05, 0) is 144 Å². The van der Waals surface area contributed by atoms with Gasteiger partial charge in [0.1, 0.15) is 11.5 Å². The van der Waals surface area contributed by atoms with Crippen molar-refractivity contribution in [1.82, 2.24) is 25.1 Å². The van der Waals surface area contributed by atoms with Crippen molar-refractivity contribution in [3.63, 3.8) is 0 Å². The van der Waals surface area contributed by atoms with Crippen molar-refractivity contribution in [2.75, 3.05) is 0 Å².